The van der Waals surface area contributed by atoms with Crippen molar-refractivity contribution < 1.29 is 9.53 Å². The summed E-state index contributed by atoms with van der Waals surface area (Å²) < 4.78 is 4.70. The Morgan fingerprint density at radius 3 is 2.90 bits per heavy atom. The van der Waals surface area contributed by atoms with Gasteiger partial charge in [-0.15, -0.1) is 11.3 Å². The Labute approximate surface area is 126 Å². The van der Waals surface area contributed by atoms with E-state index in [0.29, 0.717) is 10.8 Å². The van der Waals surface area contributed by atoms with Crippen LogP contribution in [0.25, 0.3) is 10.6 Å². The molecule has 104 valence electrons. The van der Waals surface area contributed by atoms with Gasteiger partial charge in [0, 0.05) is 5.56 Å². The number of carbonyl (C=O) groups excluding carboxylic acids is 1. The largest absolute Gasteiger partial charge is 0.465 e. The van der Waals surface area contributed by atoms with Crippen molar-refractivity contribution in [3.8, 4) is 10.6 Å². The highest BCUT2D eigenvalue weighted by Gasteiger charge is 2.21. The molecule has 0 atom stereocenters. The Morgan fingerprint density at radius 1 is 1.45 bits per heavy atom. The van der Waals surface area contributed by atoms with Crippen molar-refractivity contribution in [3.05, 3.63) is 39.9 Å². The van der Waals surface area contributed by atoms with Crippen LogP contribution in [-0.2, 0) is 4.74 Å². The molecule has 1 aliphatic rings. The maximum absolute atomic E-state index is 11.6. The monoisotopic (exact) mass is 307 g/mol. The first kappa shape index (κ1) is 13.6. The van der Waals surface area contributed by atoms with Gasteiger partial charge in [0.2, 0.25) is 0 Å². The minimum atomic E-state index is -0.436. The van der Waals surface area contributed by atoms with E-state index in [2.05, 4.69) is 17.1 Å². The molecule has 0 saturated heterocycles. The molecule has 0 N–H and O–H groups in total. The number of benzene rings is 1. The molecular weight excluding hydrogens is 294 g/mol. The third-order valence-electron chi connectivity index (χ3n) is 3.67. The lowest BCUT2D eigenvalue weighted by molar-refractivity contribution is 0.0606. The van der Waals surface area contributed by atoms with Crippen molar-refractivity contribution in [1.82, 2.24) is 4.98 Å². The number of carbonyl (C=O) groups is 1. The summed E-state index contributed by atoms with van der Waals surface area (Å²) in [6.07, 6.45) is 3.83. The van der Waals surface area contributed by atoms with Crippen molar-refractivity contribution in [2.75, 3.05) is 7.11 Å². The number of aromatic nitrogens is 1. The molecule has 0 unspecified atom stereocenters. The van der Waals surface area contributed by atoms with Crippen LogP contribution in [0.15, 0.2) is 24.3 Å². The molecule has 20 heavy (non-hydrogen) atoms. The fourth-order valence-electron chi connectivity index (χ4n) is 2.31. The molecule has 1 aromatic heterocycles. The number of ether oxygens (including phenoxy) is 1. The third kappa shape index (κ3) is 2.45. The maximum atomic E-state index is 11.6. The van der Waals surface area contributed by atoms with Crippen LogP contribution in [0.5, 0.6) is 0 Å². The number of halogens is 1. The summed E-state index contributed by atoms with van der Waals surface area (Å²) in [7, 11) is 1.34. The molecule has 0 radical (unpaired) electrons. The first-order chi connectivity index (χ1) is 9.69. The zero-order valence-corrected chi connectivity index (χ0v) is 12.6. The Balaban J connectivity index is 1.94. The van der Waals surface area contributed by atoms with Gasteiger partial charge in [-0.25, -0.2) is 9.78 Å². The predicted molar refractivity (Wildman–Crippen MR) is 80.5 cm³/mol. The molecule has 5 heteroatoms. The van der Waals surface area contributed by atoms with E-state index >= 15 is 0 Å². The Morgan fingerprint density at radius 2 is 2.25 bits per heavy atom. The summed E-state index contributed by atoms with van der Waals surface area (Å²) in [4.78, 5) is 16.2. The summed E-state index contributed by atoms with van der Waals surface area (Å²) in [6, 6.07) is 8.35. The van der Waals surface area contributed by atoms with Gasteiger partial charge in [-0.1, -0.05) is 36.2 Å². The van der Waals surface area contributed by atoms with Crippen molar-refractivity contribution in [2.24, 2.45) is 0 Å². The average molecular weight is 308 g/mol. The van der Waals surface area contributed by atoms with Gasteiger partial charge >= 0.3 is 5.97 Å². The van der Waals surface area contributed by atoms with Gasteiger partial charge in [0.1, 0.15) is 5.01 Å². The number of esters is 1. The Hall–Kier alpha value is -1.39. The molecule has 1 saturated carbocycles. The van der Waals surface area contributed by atoms with Crippen LogP contribution in [0.2, 0.25) is 5.15 Å². The van der Waals surface area contributed by atoms with Gasteiger partial charge in [-0.2, -0.15) is 0 Å². The van der Waals surface area contributed by atoms with Gasteiger partial charge in [-0.3, -0.25) is 0 Å². The maximum Gasteiger partial charge on any atom is 0.351 e. The lowest BCUT2D eigenvalue weighted by Crippen LogP contribution is -2.08. The van der Waals surface area contributed by atoms with Crippen LogP contribution in [0.3, 0.4) is 0 Å². The number of rotatable bonds is 3. The molecule has 0 aliphatic heterocycles. The van der Waals surface area contributed by atoms with Crippen LogP contribution in [0.1, 0.15) is 40.4 Å². The predicted octanol–water partition coefficient (Wildman–Crippen LogP) is 4.52. The van der Waals surface area contributed by atoms with E-state index in [4.69, 9.17) is 16.3 Å². The minimum Gasteiger partial charge on any atom is -0.465 e. The highest BCUT2D eigenvalue weighted by molar-refractivity contribution is 7.17. The molecule has 0 bridgehead atoms. The number of nitrogens with zero attached hydrogens (tertiary/aromatic N) is 1. The summed E-state index contributed by atoms with van der Waals surface area (Å²) in [5.74, 6) is 0.236. The Bertz CT molecular complexity index is 649. The fourth-order valence-corrected chi connectivity index (χ4v) is 3.51. The molecule has 1 fully saturated rings. The minimum absolute atomic E-state index is 0.214. The molecule has 1 aromatic carbocycles. The average Bonchev–Trinajstić information content (AvgIpc) is 2.78. The number of hydrogen-bond acceptors (Lipinski definition) is 4. The van der Waals surface area contributed by atoms with E-state index in [0.717, 1.165) is 10.6 Å². The van der Waals surface area contributed by atoms with E-state index in [-0.39, 0.29) is 5.15 Å². The molecule has 2 aromatic rings. The van der Waals surface area contributed by atoms with Gasteiger partial charge in [0.15, 0.2) is 10.0 Å². The smallest absolute Gasteiger partial charge is 0.351 e. The van der Waals surface area contributed by atoms with Gasteiger partial charge in [-0.05, 0) is 30.4 Å². The zero-order valence-electron chi connectivity index (χ0n) is 11.1. The van der Waals surface area contributed by atoms with E-state index < -0.39 is 5.97 Å². The van der Waals surface area contributed by atoms with Crippen molar-refractivity contribution in [1.29, 1.82) is 0 Å². The van der Waals surface area contributed by atoms with E-state index in [1.807, 2.05) is 12.1 Å². The second-order valence-corrected chi connectivity index (χ2v) is 6.24. The number of methoxy groups -OCH3 is 1. The SMILES string of the molecule is COC(=O)c1sc(-c2cccc(C3CCC3)c2)nc1Cl. The number of hydrogen-bond donors (Lipinski definition) is 0. The number of thiazole rings is 1. The first-order valence-corrected chi connectivity index (χ1v) is 7.73. The normalized spacial score (nSPS) is 14.9. The van der Waals surface area contributed by atoms with Crippen LogP contribution in [-0.4, -0.2) is 18.1 Å². The van der Waals surface area contributed by atoms with E-state index in [1.54, 1.807) is 0 Å². The van der Waals surface area contributed by atoms with Crippen LogP contribution in [0, 0.1) is 0 Å². The van der Waals surface area contributed by atoms with Crippen LogP contribution < -0.4 is 0 Å². The molecule has 0 spiro atoms. The highest BCUT2D eigenvalue weighted by atomic mass is 35.5. The lowest BCUT2D eigenvalue weighted by Gasteiger charge is -2.25. The van der Waals surface area contributed by atoms with Crippen LogP contribution in [0.4, 0.5) is 0 Å². The summed E-state index contributed by atoms with van der Waals surface area (Å²) in [5.41, 5.74) is 2.36. The first-order valence-electron chi connectivity index (χ1n) is 6.54. The lowest BCUT2D eigenvalue weighted by atomic mass is 9.80. The standard InChI is InChI=1S/C15H14ClNO2S/c1-19-15(18)12-13(16)17-14(20-12)11-7-3-6-10(8-11)9-4-2-5-9/h3,6-9H,2,4-5H2,1H3. The second-order valence-electron chi connectivity index (χ2n) is 4.88. The van der Waals surface area contributed by atoms with Gasteiger partial charge in [0.25, 0.3) is 0 Å². The second kappa shape index (κ2) is 5.54. The third-order valence-corrected chi connectivity index (χ3v) is 5.14. The van der Waals surface area contributed by atoms with Crippen LogP contribution >= 0.6 is 22.9 Å². The van der Waals surface area contributed by atoms with E-state index in [1.165, 1.54) is 43.3 Å². The molecule has 1 aliphatic carbocycles. The summed E-state index contributed by atoms with van der Waals surface area (Å²) in [5, 5.41) is 0.975. The topological polar surface area (TPSA) is 39.2 Å². The molecule has 3 rings (SSSR count). The highest BCUT2D eigenvalue weighted by Crippen LogP contribution is 2.38. The summed E-state index contributed by atoms with van der Waals surface area (Å²) >= 11 is 7.28. The fraction of sp³-hybridized carbons (Fsp3) is 0.333. The van der Waals surface area contributed by atoms with Crippen molar-refractivity contribution in [2.45, 2.75) is 25.2 Å². The zero-order chi connectivity index (χ0) is 14.1. The molecular formula is C15H14ClNO2S. The molecule has 0 amide bonds. The Kier molecular flexibility index (Phi) is 3.76. The quantitative estimate of drug-likeness (QED) is 0.783. The van der Waals surface area contributed by atoms with Crippen molar-refractivity contribution in [3.63, 3.8) is 0 Å². The van der Waals surface area contributed by atoms with Crippen molar-refractivity contribution >= 4 is 28.9 Å². The van der Waals surface area contributed by atoms with E-state index in [9.17, 15) is 4.79 Å². The molecule has 3 nitrogen and oxygen atoms in total. The van der Waals surface area contributed by atoms with Gasteiger partial charge in [0.05, 0.1) is 7.11 Å². The van der Waals surface area contributed by atoms with Gasteiger partial charge < -0.3 is 4.74 Å². The summed E-state index contributed by atoms with van der Waals surface area (Å²) in [6.45, 7) is 0. The molecule has 1 heterocycles.